The van der Waals surface area contributed by atoms with Gasteiger partial charge in [0.05, 0.1) is 5.56 Å². The van der Waals surface area contributed by atoms with Crippen molar-refractivity contribution < 1.29 is 28.2 Å². The second-order valence-corrected chi connectivity index (χ2v) is 7.34. The maximum atomic E-state index is 13.0. The molecule has 7 nitrogen and oxygen atoms in total. The number of halogens is 1. The quantitative estimate of drug-likeness (QED) is 0.687. The number of nitrogens with two attached hydrogens (primary N) is 1. The summed E-state index contributed by atoms with van der Waals surface area (Å²) >= 11 is 1.33. The highest BCUT2D eigenvalue weighted by Gasteiger charge is 2.25. The maximum Gasteiger partial charge on any atom is 0.344 e. The topological polar surface area (TPSA) is 108 Å². The zero-order chi connectivity index (χ0) is 20.1. The molecule has 0 aliphatic heterocycles. The lowest BCUT2D eigenvalue weighted by Gasteiger charge is -2.11. The van der Waals surface area contributed by atoms with Crippen LogP contribution in [0, 0.1) is 5.82 Å². The van der Waals surface area contributed by atoms with Crippen LogP contribution in [0.2, 0.25) is 0 Å². The highest BCUT2D eigenvalue weighted by molar-refractivity contribution is 7.17. The normalized spacial score (nSPS) is 12.8. The Labute approximate surface area is 164 Å². The summed E-state index contributed by atoms with van der Waals surface area (Å²) in [5.74, 6) is -2.26. The standard InChI is InChI=1S/C19H19FN2O5S/c20-11-4-3-5-12(8-11)26-10-16(24)27-9-15(23)22-19-17(18(21)25)13-6-1-2-7-14(13)28-19/h3-5,8H,1-2,6-7,9-10H2,(H2,21,25)(H,22,23). The van der Waals surface area contributed by atoms with Crippen molar-refractivity contribution in [1.82, 2.24) is 0 Å². The van der Waals surface area contributed by atoms with Gasteiger partial charge in [0.1, 0.15) is 16.6 Å². The molecular weight excluding hydrogens is 387 g/mol. The van der Waals surface area contributed by atoms with E-state index in [9.17, 15) is 18.8 Å². The molecule has 0 atom stereocenters. The van der Waals surface area contributed by atoms with Gasteiger partial charge in [-0.3, -0.25) is 9.59 Å². The van der Waals surface area contributed by atoms with Crippen LogP contribution in [-0.4, -0.2) is 31.0 Å². The van der Waals surface area contributed by atoms with Gasteiger partial charge in [0, 0.05) is 10.9 Å². The molecule has 1 aromatic carbocycles. The molecule has 3 rings (SSSR count). The first kappa shape index (κ1) is 19.8. The number of rotatable bonds is 7. The summed E-state index contributed by atoms with van der Waals surface area (Å²) in [5, 5.41) is 2.98. The highest BCUT2D eigenvalue weighted by Crippen LogP contribution is 2.37. The first-order valence-corrected chi connectivity index (χ1v) is 9.54. The summed E-state index contributed by atoms with van der Waals surface area (Å²) in [4.78, 5) is 36.6. The molecule has 28 heavy (non-hydrogen) atoms. The lowest BCUT2D eigenvalue weighted by Crippen LogP contribution is -2.24. The Morgan fingerprint density at radius 1 is 1.18 bits per heavy atom. The van der Waals surface area contributed by atoms with Crippen molar-refractivity contribution in [1.29, 1.82) is 0 Å². The number of primary amides is 1. The summed E-state index contributed by atoms with van der Waals surface area (Å²) in [6.07, 6.45) is 3.61. The third-order valence-electron chi connectivity index (χ3n) is 4.19. The third kappa shape index (κ3) is 4.86. The molecule has 1 heterocycles. The van der Waals surface area contributed by atoms with Crippen LogP contribution in [0.3, 0.4) is 0 Å². The molecule has 2 amide bonds. The summed E-state index contributed by atoms with van der Waals surface area (Å²) in [7, 11) is 0. The number of hydrogen-bond donors (Lipinski definition) is 2. The molecule has 0 saturated carbocycles. The zero-order valence-electron chi connectivity index (χ0n) is 15.0. The number of fused-ring (bicyclic) bond motifs is 1. The molecule has 148 valence electrons. The number of carbonyl (C=O) groups excluding carboxylic acids is 3. The molecule has 0 unspecified atom stereocenters. The van der Waals surface area contributed by atoms with E-state index in [2.05, 4.69) is 5.32 Å². The van der Waals surface area contributed by atoms with Crippen LogP contribution < -0.4 is 15.8 Å². The Morgan fingerprint density at radius 3 is 2.71 bits per heavy atom. The van der Waals surface area contributed by atoms with Gasteiger partial charge in [0.25, 0.3) is 11.8 Å². The van der Waals surface area contributed by atoms with Gasteiger partial charge in [0.2, 0.25) is 0 Å². The molecular formula is C19H19FN2O5S. The van der Waals surface area contributed by atoms with Crippen molar-refractivity contribution in [3.05, 3.63) is 46.1 Å². The van der Waals surface area contributed by atoms with Crippen LogP contribution in [0.15, 0.2) is 24.3 Å². The molecule has 1 aliphatic rings. The van der Waals surface area contributed by atoms with E-state index in [0.29, 0.717) is 10.6 Å². The summed E-state index contributed by atoms with van der Waals surface area (Å²) in [6.45, 7) is -0.997. The predicted octanol–water partition coefficient (Wildman–Crippen LogP) is 2.43. The SMILES string of the molecule is NC(=O)c1c(NC(=O)COC(=O)COc2cccc(F)c2)sc2c1CCCC2. The van der Waals surface area contributed by atoms with Crippen LogP contribution in [0.25, 0.3) is 0 Å². The Kier molecular flexibility index (Phi) is 6.25. The summed E-state index contributed by atoms with van der Waals surface area (Å²) in [5.41, 5.74) is 6.72. The molecule has 0 bridgehead atoms. The monoisotopic (exact) mass is 406 g/mol. The number of hydrogen-bond acceptors (Lipinski definition) is 6. The molecule has 2 aromatic rings. The number of benzene rings is 1. The minimum absolute atomic E-state index is 0.177. The smallest absolute Gasteiger partial charge is 0.344 e. The van der Waals surface area contributed by atoms with Crippen molar-refractivity contribution in [3.8, 4) is 5.75 Å². The van der Waals surface area contributed by atoms with Crippen LogP contribution in [0.4, 0.5) is 9.39 Å². The first-order chi connectivity index (χ1) is 13.4. The zero-order valence-corrected chi connectivity index (χ0v) is 15.8. The molecule has 0 saturated heterocycles. The number of anilines is 1. The van der Waals surface area contributed by atoms with Gasteiger partial charge in [-0.05, 0) is 43.4 Å². The van der Waals surface area contributed by atoms with Gasteiger partial charge < -0.3 is 20.5 Å². The largest absolute Gasteiger partial charge is 0.482 e. The van der Waals surface area contributed by atoms with Gasteiger partial charge in [-0.15, -0.1) is 11.3 Å². The lowest BCUT2D eigenvalue weighted by atomic mass is 9.95. The van der Waals surface area contributed by atoms with Crippen molar-refractivity contribution >= 4 is 34.1 Å². The van der Waals surface area contributed by atoms with Crippen LogP contribution in [-0.2, 0) is 27.2 Å². The van der Waals surface area contributed by atoms with Crippen LogP contribution in [0.5, 0.6) is 5.75 Å². The number of esters is 1. The second-order valence-electron chi connectivity index (χ2n) is 6.23. The fourth-order valence-electron chi connectivity index (χ4n) is 2.96. The third-order valence-corrected chi connectivity index (χ3v) is 5.39. The highest BCUT2D eigenvalue weighted by atomic mass is 32.1. The van der Waals surface area contributed by atoms with E-state index in [4.69, 9.17) is 15.2 Å². The Balaban J connectivity index is 1.52. The van der Waals surface area contributed by atoms with Crippen LogP contribution in [0.1, 0.15) is 33.6 Å². The first-order valence-electron chi connectivity index (χ1n) is 8.72. The molecule has 1 aromatic heterocycles. The number of thiophene rings is 1. The fraction of sp³-hybridized carbons (Fsp3) is 0.316. The number of nitrogens with one attached hydrogen (secondary N) is 1. The van der Waals surface area contributed by atoms with Crippen molar-refractivity contribution in [2.45, 2.75) is 25.7 Å². The van der Waals surface area contributed by atoms with E-state index in [0.717, 1.165) is 42.2 Å². The average Bonchev–Trinajstić information content (AvgIpc) is 3.02. The Hall–Kier alpha value is -2.94. The number of carbonyl (C=O) groups is 3. The summed E-state index contributed by atoms with van der Waals surface area (Å²) < 4.78 is 23.0. The number of aryl methyl sites for hydroxylation is 1. The number of ether oxygens (including phenoxy) is 2. The molecule has 0 fully saturated rings. The lowest BCUT2D eigenvalue weighted by molar-refractivity contribution is -0.149. The van der Waals surface area contributed by atoms with E-state index >= 15 is 0 Å². The summed E-state index contributed by atoms with van der Waals surface area (Å²) in [6, 6.07) is 5.32. The maximum absolute atomic E-state index is 13.0. The van der Waals surface area contributed by atoms with Gasteiger partial charge in [-0.2, -0.15) is 0 Å². The van der Waals surface area contributed by atoms with Gasteiger partial charge in [0.15, 0.2) is 13.2 Å². The molecule has 0 spiro atoms. The number of amides is 2. The molecule has 9 heteroatoms. The molecule has 3 N–H and O–H groups in total. The molecule has 0 radical (unpaired) electrons. The minimum Gasteiger partial charge on any atom is -0.482 e. The van der Waals surface area contributed by atoms with Crippen molar-refractivity contribution in [3.63, 3.8) is 0 Å². The van der Waals surface area contributed by atoms with Gasteiger partial charge in [-0.25, -0.2) is 9.18 Å². The Bertz CT molecular complexity index is 912. The Morgan fingerprint density at radius 2 is 1.96 bits per heavy atom. The van der Waals surface area contributed by atoms with Crippen LogP contribution >= 0.6 is 11.3 Å². The van der Waals surface area contributed by atoms with E-state index in [1.54, 1.807) is 0 Å². The van der Waals surface area contributed by atoms with E-state index in [1.165, 1.54) is 29.5 Å². The van der Waals surface area contributed by atoms with Gasteiger partial charge in [-0.1, -0.05) is 6.07 Å². The van der Waals surface area contributed by atoms with Gasteiger partial charge >= 0.3 is 5.97 Å². The average molecular weight is 406 g/mol. The van der Waals surface area contributed by atoms with E-state index in [-0.39, 0.29) is 5.75 Å². The second kappa shape index (κ2) is 8.83. The fourth-order valence-corrected chi connectivity index (χ4v) is 4.27. The van der Waals surface area contributed by atoms with Crippen molar-refractivity contribution in [2.24, 2.45) is 5.73 Å². The van der Waals surface area contributed by atoms with Crippen molar-refractivity contribution in [2.75, 3.05) is 18.5 Å². The molecule has 1 aliphatic carbocycles. The van der Waals surface area contributed by atoms with E-state index < -0.39 is 36.8 Å². The predicted molar refractivity (Wildman–Crippen MR) is 101 cm³/mol. The minimum atomic E-state index is -0.778. The van der Waals surface area contributed by atoms with E-state index in [1.807, 2.05) is 0 Å².